The maximum atomic E-state index is 10.6. The molecule has 1 aromatic carbocycles. The quantitative estimate of drug-likeness (QED) is 0.679. The molecule has 0 aliphatic rings. The number of anilines is 1. The predicted molar refractivity (Wildman–Crippen MR) is 54.0 cm³/mol. The van der Waals surface area contributed by atoms with Crippen LogP contribution in [0.1, 0.15) is 11.1 Å². The van der Waals surface area contributed by atoms with Crippen molar-refractivity contribution in [3.8, 4) is 0 Å². The van der Waals surface area contributed by atoms with Crippen LogP contribution in [0.15, 0.2) is 18.2 Å². The molecule has 16 heavy (non-hydrogen) atoms. The summed E-state index contributed by atoms with van der Waals surface area (Å²) in [6.45, 7) is 4.09. The standard InChI is InChI=1S/C8H11N.C2HF3O2/c1-6-4-3-5-8(9)7(6)2;3-2(4,5)1(6)7/h3-5H,9H2,1-2H3;(H,6,7). The highest BCUT2D eigenvalue weighted by Crippen LogP contribution is 2.13. The van der Waals surface area contributed by atoms with E-state index >= 15 is 0 Å². The van der Waals surface area contributed by atoms with Gasteiger partial charge in [-0.2, -0.15) is 13.2 Å². The van der Waals surface area contributed by atoms with Crippen LogP contribution in [0.2, 0.25) is 0 Å². The summed E-state index contributed by atoms with van der Waals surface area (Å²) < 4.78 is 31.7. The van der Waals surface area contributed by atoms with Crippen molar-refractivity contribution in [2.75, 3.05) is 5.73 Å². The maximum Gasteiger partial charge on any atom is 0.490 e. The van der Waals surface area contributed by atoms with E-state index in [2.05, 4.69) is 13.0 Å². The summed E-state index contributed by atoms with van der Waals surface area (Å²) >= 11 is 0. The Morgan fingerprint density at radius 1 is 1.31 bits per heavy atom. The number of aryl methyl sites for hydroxylation is 1. The summed E-state index contributed by atoms with van der Waals surface area (Å²) in [6.07, 6.45) is -5.08. The first-order chi connectivity index (χ1) is 7.16. The van der Waals surface area contributed by atoms with Gasteiger partial charge < -0.3 is 10.8 Å². The van der Waals surface area contributed by atoms with E-state index in [9.17, 15) is 13.2 Å². The zero-order valence-electron chi connectivity index (χ0n) is 8.80. The van der Waals surface area contributed by atoms with E-state index in [-0.39, 0.29) is 0 Å². The number of hydrogen-bond acceptors (Lipinski definition) is 2. The number of aliphatic carboxylic acids is 1. The molecule has 0 unspecified atom stereocenters. The number of rotatable bonds is 0. The first-order valence-electron chi connectivity index (χ1n) is 4.28. The smallest absolute Gasteiger partial charge is 0.475 e. The Morgan fingerprint density at radius 3 is 2.00 bits per heavy atom. The molecular formula is C10H12F3NO2. The highest BCUT2D eigenvalue weighted by molar-refractivity contribution is 5.73. The lowest BCUT2D eigenvalue weighted by Gasteiger charge is -2.00. The van der Waals surface area contributed by atoms with Crippen molar-refractivity contribution in [3.05, 3.63) is 29.3 Å². The third-order valence-electron chi connectivity index (χ3n) is 1.89. The summed E-state index contributed by atoms with van der Waals surface area (Å²) in [6, 6.07) is 5.95. The van der Waals surface area contributed by atoms with Gasteiger partial charge in [0.15, 0.2) is 0 Å². The monoisotopic (exact) mass is 235 g/mol. The minimum atomic E-state index is -5.08. The molecule has 0 radical (unpaired) electrons. The fraction of sp³-hybridized carbons (Fsp3) is 0.300. The van der Waals surface area contributed by atoms with Crippen molar-refractivity contribution in [2.24, 2.45) is 0 Å². The molecule has 6 heteroatoms. The van der Waals surface area contributed by atoms with Gasteiger partial charge in [0.25, 0.3) is 0 Å². The molecule has 0 fully saturated rings. The highest BCUT2D eigenvalue weighted by Gasteiger charge is 2.38. The zero-order valence-corrected chi connectivity index (χ0v) is 8.80. The number of hydrogen-bond donors (Lipinski definition) is 2. The minimum absolute atomic E-state index is 0.884. The molecule has 0 bridgehead atoms. The van der Waals surface area contributed by atoms with Crippen molar-refractivity contribution in [1.29, 1.82) is 0 Å². The SMILES string of the molecule is Cc1cccc(N)c1C.O=C(O)C(F)(F)F. The molecule has 1 rings (SSSR count). The number of carboxylic acid groups (broad SMARTS) is 1. The third-order valence-corrected chi connectivity index (χ3v) is 1.89. The van der Waals surface area contributed by atoms with Crippen molar-refractivity contribution in [2.45, 2.75) is 20.0 Å². The van der Waals surface area contributed by atoms with Crippen LogP contribution >= 0.6 is 0 Å². The topological polar surface area (TPSA) is 63.3 Å². The van der Waals surface area contributed by atoms with E-state index in [1.165, 1.54) is 11.1 Å². The lowest BCUT2D eigenvalue weighted by Crippen LogP contribution is -2.21. The fourth-order valence-electron chi connectivity index (χ4n) is 0.774. The van der Waals surface area contributed by atoms with Crippen LogP contribution < -0.4 is 5.73 Å². The second-order valence-electron chi connectivity index (χ2n) is 3.09. The predicted octanol–water partition coefficient (Wildman–Crippen LogP) is 2.52. The molecule has 0 spiro atoms. The average molecular weight is 235 g/mol. The van der Waals surface area contributed by atoms with E-state index in [0.717, 1.165) is 5.69 Å². The summed E-state index contributed by atoms with van der Waals surface area (Å²) in [5.41, 5.74) is 8.96. The molecule has 0 aliphatic carbocycles. The number of carboxylic acids is 1. The molecular weight excluding hydrogens is 223 g/mol. The number of nitrogens with two attached hydrogens (primary N) is 1. The van der Waals surface area contributed by atoms with Gasteiger partial charge in [-0.05, 0) is 31.0 Å². The summed E-state index contributed by atoms with van der Waals surface area (Å²) in [5.74, 6) is -2.76. The van der Waals surface area contributed by atoms with Gasteiger partial charge in [-0.1, -0.05) is 12.1 Å². The third kappa shape index (κ3) is 4.68. The van der Waals surface area contributed by atoms with E-state index in [1.807, 2.05) is 19.1 Å². The molecule has 3 nitrogen and oxygen atoms in total. The molecule has 0 heterocycles. The van der Waals surface area contributed by atoms with Crippen molar-refractivity contribution >= 4 is 11.7 Å². The van der Waals surface area contributed by atoms with Crippen LogP contribution in [-0.2, 0) is 4.79 Å². The molecule has 0 aromatic heterocycles. The zero-order chi connectivity index (χ0) is 12.9. The molecule has 90 valence electrons. The van der Waals surface area contributed by atoms with Crippen molar-refractivity contribution in [3.63, 3.8) is 0 Å². The van der Waals surface area contributed by atoms with Gasteiger partial charge in [0.2, 0.25) is 0 Å². The summed E-state index contributed by atoms with van der Waals surface area (Å²) in [4.78, 5) is 8.90. The summed E-state index contributed by atoms with van der Waals surface area (Å²) in [5, 5.41) is 7.12. The van der Waals surface area contributed by atoms with Crippen molar-refractivity contribution < 1.29 is 23.1 Å². The Balaban J connectivity index is 0.000000293. The van der Waals surface area contributed by atoms with Gasteiger partial charge in [0, 0.05) is 5.69 Å². The molecule has 0 amide bonds. The van der Waals surface area contributed by atoms with E-state index < -0.39 is 12.1 Å². The van der Waals surface area contributed by atoms with Gasteiger partial charge in [0.1, 0.15) is 0 Å². The lowest BCUT2D eigenvalue weighted by atomic mass is 10.1. The normalized spacial score (nSPS) is 10.3. The van der Waals surface area contributed by atoms with E-state index in [1.54, 1.807) is 0 Å². The molecule has 3 N–H and O–H groups in total. The number of halogens is 3. The highest BCUT2D eigenvalue weighted by atomic mass is 19.4. The molecule has 0 saturated heterocycles. The van der Waals surface area contributed by atoms with Crippen LogP contribution in [0.4, 0.5) is 18.9 Å². The first-order valence-corrected chi connectivity index (χ1v) is 4.28. The van der Waals surface area contributed by atoms with Gasteiger partial charge in [-0.3, -0.25) is 0 Å². The van der Waals surface area contributed by atoms with Crippen LogP contribution in [0, 0.1) is 13.8 Å². The van der Waals surface area contributed by atoms with E-state index in [0.29, 0.717) is 0 Å². The second kappa shape index (κ2) is 5.39. The van der Waals surface area contributed by atoms with Gasteiger partial charge in [-0.15, -0.1) is 0 Å². The Morgan fingerprint density at radius 2 is 1.75 bits per heavy atom. The van der Waals surface area contributed by atoms with Crippen LogP contribution in [-0.4, -0.2) is 17.3 Å². The Bertz CT molecular complexity index is 355. The fourth-order valence-corrected chi connectivity index (χ4v) is 0.774. The van der Waals surface area contributed by atoms with Crippen LogP contribution in [0.5, 0.6) is 0 Å². The van der Waals surface area contributed by atoms with Crippen LogP contribution in [0.3, 0.4) is 0 Å². The van der Waals surface area contributed by atoms with Crippen molar-refractivity contribution in [1.82, 2.24) is 0 Å². The molecule has 0 atom stereocenters. The minimum Gasteiger partial charge on any atom is -0.475 e. The maximum absolute atomic E-state index is 10.6. The first kappa shape index (κ1) is 14.3. The van der Waals surface area contributed by atoms with Crippen LogP contribution in [0.25, 0.3) is 0 Å². The van der Waals surface area contributed by atoms with Gasteiger partial charge in [0.05, 0.1) is 0 Å². The Kier molecular flexibility index (Phi) is 4.81. The number of alkyl halides is 3. The number of carbonyl (C=O) groups is 1. The number of nitrogen functional groups attached to an aromatic ring is 1. The molecule has 1 aromatic rings. The molecule has 0 saturated carbocycles. The van der Waals surface area contributed by atoms with Gasteiger partial charge in [-0.25, -0.2) is 4.79 Å². The summed E-state index contributed by atoms with van der Waals surface area (Å²) in [7, 11) is 0. The lowest BCUT2D eigenvalue weighted by molar-refractivity contribution is -0.192. The average Bonchev–Trinajstić information content (AvgIpc) is 2.13. The second-order valence-corrected chi connectivity index (χ2v) is 3.09. The Labute approximate surface area is 90.7 Å². The van der Waals surface area contributed by atoms with E-state index in [4.69, 9.17) is 15.6 Å². The molecule has 0 aliphatic heterocycles. The largest absolute Gasteiger partial charge is 0.490 e. The number of benzene rings is 1. The Hall–Kier alpha value is -1.72. The van der Waals surface area contributed by atoms with Gasteiger partial charge >= 0.3 is 12.1 Å².